The Kier molecular flexibility index (Phi) is 9.61. The van der Waals surface area contributed by atoms with E-state index in [1.165, 1.54) is 12.1 Å². The molecule has 12 nitrogen and oxygen atoms in total. The lowest BCUT2D eigenvalue weighted by Crippen LogP contribution is -2.51. The van der Waals surface area contributed by atoms with Crippen LogP contribution < -0.4 is 22.1 Å². The fourth-order valence-corrected chi connectivity index (χ4v) is 7.05. The number of sulfonamides is 1. The van der Waals surface area contributed by atoms with Gasteiger partial charge in [0, 0.05) is 24.6 Å². The molecule has 13 heteroatoms. The first kappa shape index (κ1) is 30.0. The Bertz CT molecular complexity index is 1370. The molecule has 2 aromatic rings. The molecule has 1 heterocycles. The Labute approximate surface area is 239 Å². The highest BCUT2D eigenvalue weighted by Crippen LogP contribution is 2.28. The summed E-state index contributed by atoms with van der Waals surface area (Å²) in [4.78, 5) is 42.1. The van der Waals surface area contributed by atoms with Gasteiger partial charge in [-0.2, -0.15) is 4.31 Å². The van der Waals surface area contributed by atoms with Gasteiger partial charge in [-0.25, -0.2) is 13.2 Å². The molecule has 0 radical (unpaired) electrons. The average Bonchev–Trinajstić information content (AvgIpc) is 3.45. The van der Waals surface area contributed by atoms with Gasteiger partial charge >= 0.3 is 5.97 Å². The number of aliphatic carboxylic acids is 1. The van der Waals surface area contributed by atoms with E-state index in [1.54, 1.807) is 42.5 Å². The van der Waals surface area contributed by atoms with Crippen molar-refractivity contribution in [1.82, 2.24) is 9.62 Å². The SMILES string of the molecule is NC(N)=NC1CCC(C(=O)Nc2ccc(C[C@H](NC(=O)[C@@H]3CCCN3S(=O)(=O)c3ccccc3)C(=O)O)cc2)CC1. The minimum atomic E-state index is -3.90. The highest BCUT2D eigenvalue weighted by atomic mass is 32.2. The van der Waals surface area contributed by atoms with Crippen LogP contribution in [0.25, 0.3) is 0 Å². The van der Waals surface area contributed by atoms with Crippen LogP contribution in [0.5, 0.6) is 0 Å². The van der Waals surface area contributed by atoms with Crippen LogP contribution in [-0.4, -0.2) is 66.2 Å². The number of carbonyl (C=O) groups is 3. The number of carboxylic acid groups (broad SMARTS) is 1. The zero-order chi connectivity index (χ0) is 29.6. The second kappa shape index (κ2) is 13.1. The summed E-state index contributed by atoms with van der Waals surface area (Å²) in [5.74, 6) is -2.06. The normalized spacial score (nSPS) is 21.9. The number of amides is 2. The van der Waals surface area contributed by atoms with E-state index in [-0.39, 0.29) is 41.7 Å². The number of hydrogen-bond donors (Lipinski definition) is 5. The fourth-order valence-electron chi connectivity index (χ4n) is 5.37. The zero-order valence-corrected chi connectivity index (χ0v) is 23.4. The van der Waals surface area contributed by atoms with Gasteiger partial charge in [0.25, 0.3) is 0 Å². The third kappa shape index (κ3) is 7.61. The second-order valence-corrected chi connectivity index (χ2v) is 12.3. The minimum absolute atomic E-state index is 0.0116. The number of aliphatic imine (C=N–C) groups is 1. The second-order valence-electron chi connectivity index (χ2n) is 10.4. The van der Waals surface area contributed by atoms with Crippen molar-refractivity contribution in [1.29, 1.82) is 0 Å². The molecule has 7 N–H and O–H groups in total. The van der Waals surface area contributed by atoms with Crippen molar-refractivity contribution < 1.29 is 27.9 Å². The summed E-state index contributed by atoms with van der Waals surface area (Å²) >= 11 is 0. The number of anilines is 1. The number of rotatable bonds is 10. The highest BCUT2D eigenvalue weighted by Gasteiger charge is 2.40. The summed E-state index contributed by atoms with van der Waals surface area (Å²) in [6, 6.07) is 12.4. The Morgan fingerprint density at radius 1 is 0.951 bits per heavy atom. The van der Waals surface area contributed by atoms with Crippen molar-refractivity contribution in [3.8, 4) is 0 Å². The minimum Gasteiger partial charge on any atom is -0.480 e. The molecule has 2 atom stereocenters. The van der Waals surface area contributed by atoms with Gasteiger partial charge in [0.2, 0.25) is 21.8 Å². The van der Waals surface area contributed by atoms with E-state index in [0.29, 0.717) is 36.9 Å². The van der Waals surface area contributed by atoms with Gasteiger partial charge in [0.05, 0.1) is 10.9 Å². The predicted molar refractivity (Wildman–Crippen MR) is 153 cm³/mol. The molecule has 2 aliphatic rings. The van der Waals surface area contributed by atoms with E-state index in [0.717, 1.165) is 17.1 Å². The standard InChI is InChI=1S/C28H36N6O6S/c29-28(30)32-21-14-10-19(11-15-21)25(35)31-20-12-8-18(9-13-20)17-23(27(37)38)33-26(36)24-7-4-16-34(24)41(39,40)22-5-2-1-3-6-22/h1-3,5-6,8-9,12-13,19,21,23-24H,4,7,10-11,14-17H2,(H,31,35)(H,33,36)(H,37,38)(H4,29,30,32)/t19?,21?,23-,24-/m0/s1. The first-order valence-electron chi connectivity index (χ1n) is 13.6. The van der Waals surface area contributed by atoms with E-state index in [4.69, 9.17) is 11.5 Å². The molecule has 2 fully saturated rings. The smallest absolute Gasteiger partial charge is 0.326 e. The quantitative estimate of drug-likeness (QED) is 0.204. The lowest BCUT2D eigenvalue weighted by molar-refractivity contribution is -0.142. The molecule has 0 spiro atoms. The molecule has 1 saturated heterocycles. The third-order valence-electron chi connectivity index (χ3n) is 7.53. The summed E-state index contributed by atoms with van der Waals surface area (Å²) in [6.07, 6.45) is 3.60. The molecule has 1 aliphatic heterocycles. The van der Waals surface area contributed by atoms with Crippen LogP contribution in [0.2, 0.25) is 0 Å². The van der Waals surface area contributed by atoms with Crippen LogP contribution >= 0.6 is 0 Å². The van der Waals surface area contributed by atoms with Crippen molar-refractivity contribution in [2.45, 2.75) is 68.0 Å². The van der Waals surface area contributed by atoms with E-state index < -0.39 is 34.0 Å². The maximum Gasteiger partial charge on any atom is 0.326 e. The number of carboxylic acids is 1. The average molecular weight is 585 g/mol. The van der Waals surface area contributed by atoms with Gasteiger partial charge in [-0.3, -0.25) is 14.6 Å². The van der Waals surface area contributed by atoms with E-state index >= 15 is 0 Å². The number of carbonyl (C=O) groups excluding carboxylic acids is 2. The fraction of sp³-hybridized carbons (Fsp3) is 0.429. The van der Waals surface area contributed by atoms with Crippen molar-refractivity contribution in [3.63, 3.8) is 0 Å². The Balaban J connectivity index is 1.34. The van der Waals surface area contributed by atoms with Crippen LogP contribution in [0.1, 0.15) is 44.1 Å². The molecule has 4 rings (SSSR count). The summed E-state index contributed by atoms with van der Waals surface area (Å²) in [5.41, 5.74) is 12.1. The van der Waals surface area contributed by atoms with Gasteiger partial charge in [-0.05, 0) is 68.4 Å². The zero-order valence-electron chi connectivity index (χ0n) is 22.6. The number of hydrogen-bond acceptors (Lipinski definition) is 6. The van der Waals surface area contributed by atoms with Gasteiger partial charge in [0.1, 0.15) is 12.1 Å². The number of guanidine groups is 1. The molecule has 2 amide bonds. The van der Waals surface area contributed by atoms with Crippen LogP contribution in [0.3, 0.4) is 0 Å². The predicted octanol–water partition coefficient (Wildman–Crippen LogP) is 1.42. The van der Waals surface area contributed by atoms with Crippen molar-refractivity contribution in [3.05, 3.63) is 60.2 Å². The van der Waals surface area contributed by atoms with E-state index in [9.17, 15) is 27.9 Å². The van der Waals surface area contributed by atoms with Gasteiger partial charge in [0.15, 0.2) is 5.96 Å². The van der Waals surface area contributed by atoms with Gasteiger partial charge < -0.3 is 27.2 Å². The third-order valence-corrected chi connectivity index (χ3v) is 9.45. The molecule has 0 unspecified atom stereocenters. The maximum absolute atomic E-state index is 13.1. The lowest BCUT2D eigenvalue weighted by atomic mass is 9.85. The molecule has 0 bridgehead atoms. The maximum atomic E-state index is 13.1. The molecular formula is C28H36N6O6S. The highest BCUT2D eigenvalue weighted by molar-refractivity contribution is 7.89. The number of nitrogens with two attached hydrogens (primary N) is 2. The largest absolute Gasteiger partial charge is 0.480 e. The Hall–Kier alpha value is -3.97. The molecular weight excluding hydrogens is 548 g/mol. The number of nitrogens with zero attached hydrogens (tertiary/aromatic N) is 2. The van der Waals surface area contributed by atoms with Crippen molar-refractivity contribution in [2.75, 3.05) is 11.9 Å². The van der Waals surface area contributed by atoms with E-state index in [1.807, 2.05) is 0 Å². The topological polar surface area (TPSA) is 197 Å². The summed E-state index contributed by atoms with van der Waals surface area (Å²) in [6.45, 7) is 0.179. The van der Waals surface area contributed by atoms with Crippen LogP contribution in [0, 0.1) is 5.92 Å². The molecule has 1 aliphatic carbocycles. The molecule has 1 saturated carbocycles. The van der Waals surface area contributed by atoms with Crippen molar-refractivity contribution in [2.24, 2.45) is 22.4 Å². The first-order valence-corrected chi connectivity index (χ1v) is 15.1. The van der Waals surface area contributed by atoms with Gasteiger partial charge in [-0.15, -0.1) is 0 Å². The number of nitrogens with one attached hydrogen (secondary N) is 2. The van der Waals surface area contributed by atoms with Crippen LogP contribution in [0.4, 0.5) is 5.69 Å². The monoisotopic (exact) mass is 584 g/mol. The molecule has 2 aromatic carbocycles. The van der Waals surface area contributed by atoms with Crippen LogP contribution in [0.15, 0.2) is 64.5 Å². The molecule has 0 aromatic heterocycles. The molecule has 41 heavy (non-hydrogen) atoms. The van der Waals surface area contributed by atoms with Crippen LogP contribution in [-0.2, 0) is 30.8 Å². The lowest BCUT2D eigenvalue weighted by Gasteiger charge is -2.25. The molecule has 220 valence electrons. The Morgan fingerprint density at radius 2 is 1.61 bits per heavy atom. The van der Waals surface area contributed by atoms with Crippen molar-refractivity contribution >= 4 is 39.5 Å². The Morgan fingerprint density at radius 3 is 2.22 bits per heavy atom. The summed E-state index contributed by atoms with van der Waals surface area (Å²) in [7, 11) is -3.90. The van der Waals surface area contributed by atoms with E-state index in [2.05, 4.69) is 15.6 Å². The number of benzene rings is 2. The first-order chi connectivity index (χ1) is 19.5. The summed E-state index contributed by atoms with van der Waals surface area (Å²) < 4.78 is 27.4. The van der Waals surface area contributed by atoms with Gasteiger partial charge in [-0.1, -0.05) is 30.3 Å². The summed E-state index contributed by atoms with van der Waals surface area (Å²) in [5, 5.41) is 15.2.